The van der Waals surface area contributed by atoms with Gasteiger partial charge in [0.25, 0.3) is 5.91 Å². The van der Waals surface area contributed by atoms with Crippen LogP contribution in [0.1, 0.15) is 47.5 Å². The molecule has 0 atom stereocenters. The Morgan fingerprint density at radius 2 is 1.93 bits per heavy atom. The van der Waals surface area contributed by atoms with Crippen LogP contribution in [0.25, 0.3) is 0 Å². The van der Waals surface area contributed by atoms with Gasteiger partial charge in [-0.15, -0.1) is 0 Å². The van der Waals surface area contributed by atoms with Gasteiger partial charge in [0.15, 0.2) is 5.13 Å². The van der Waals surface area contributed by atoms with Gasteiger partial charge in [-0.3, -0.25) is 9.78 Å². The molecule has 28 heavy (non-hydrogen) atoms. The molecule has 0 aliphatic carbocycles. The van der Waals surface area contributed by atoms with Crippen molar-refractivity contribution in [2.45, 2.75) is 44.7 Å². The molecule has 2 aromatic heterocycles. The average Bonchev–Trinajstić information content (AvgIpc) is 3.25. The van der Waals surface area contributed by atoms with E-state index in [0.717, 1.165) is 41.6 Å². The molecule has 7 heteroatoms. The lowest BCUT2D eigenvalue weighted by molar-refractivity contribution is 0.0594. The van der Waals surface area contributed by atoms with Gasteiger partial charge in [-0.25, -0.2) is 4.98 Å². The van der Waals surface area contributed by atoms with Crippen LogP contribution in [0.5, 0.6) is 0 Å². The lowest BCUT2D eigenvalue weighted by atomic mass is 10.00. The van der Waals surface area contributed by atoms with Crippen LogP contribution in [0.3, 0.4) is 0 Å². The van der Waals surface area contributed by atoms with Gasteiger partial charge < -0.3 is 14.7 Å². The summed E-state index contributed by atoms with van der Waals surface area (Å²) in [5, 5.41) is 0.859. The minimum atomic E-state index is 0.132. The lowest BCUT2D eigenvalue weighted by Crippen LogP contribution is -2.48. The van der Waals surface area contributed by atoms with Crippen molar-refractivity contribution < 1.29 is 4.79 Å². The molecular weight excluding hydrogens is 370 g/mol. The van der Waals surface area contributed by atoms with Crippen LogP contribution >= 0.6 is 11.3 Å². The quantitative estimate of drug-likeness (QED) is 0.772. The van der Waals surface area contributed by atoms with E-state index in [1.807, 2.05) is 35.0 Å². The van der Waals surface area contributed by atoms with Crippen molar-refractivity contribution in [3.8, 4) is 0 Å². The van der Waals surface area contributed by atoms with Gasteiger partial charge in [0, 0.05) is 32.4 Å². The van der Waals surface area contributed by atoms with Crippen molar-refractivity contribution in [1.82, 2.24) is 19.8 Å². The Labute approximate surface area is 171 Å². The summed E-state index contributed by atoms with van der Waals surface area (Å²) in [5.74, 6) is 0.132. The molecule has 0 radical (unpaired) electrons. The molecule has 6 nitrogen and oxygen atoms in total. The third kappa shape index (κ3) is 4.52. The summed E-state index contributed by atoms with van der Waals surface area (Å²) in [7, 11) is 1.99. The van der Waals surface area contributed by atoms with Gasteiger partial charge in [0.1, 0.15) is 4.88 Å². The SMILES string of the molecule is CN(Cc1ccccn1)c1ncc(C(=O)N2CCC(N3CCCCC3)CC2)s1. The molecule has 4 rings (SSSR count). The Hall–Kier alpha value is -1.99. The van der Waals surface area contributed by atoms with Crippen LogP contribution in [-0.4, -0.2) is 64.9 Å². The number of hydrogen-bond donors (Lipinski definition) is 0. The molecule has 1 amide bonds. The number of likely N-dealkylation sites (tertiary alicyclic amines) is 2. The van der Waals surface area contributed by atoms with Crippen LogP contribution in [0.4, 0.5) is 5.13 Å². The predicted molar refractivity (Wildman–Crippen MR) is 113 cm³/mol. The third-order valence-electron chi connectivity index (χ3n) is 5.81. The molecular formula is C21H29N5OS. The van der Waals surface area contributed by atoms with E-state index in [4.69, 9.17) is 0 Å². The predicted octanol–water partition coefficient (Wildman–Crippen LogP) is 3.27. The van der Waals surface area contributed by atoms with Crippen molar-refractivity contribution in [2.24, 2.45) is 0 Å². The molecule has 2 aliphatic heterocycles. The first-order chi connectivity index (χ1) is 13.7. The van der Waals surface area contributed by atoms with Crippen molar-refractivity contribution in [1.29, 1.82) is 0 Å². The highest BCUT2D eigenvalue weighted by Gasteiger charge is 2.29. The molecule has 150 valence electrons. The molecule has 0 N–H and O–H groups in total. The highest BCUT2D eigenvalue weighted by molar-refractivity contribution is 7.17. The molecule has 0 bridgehead atoms. The van der Waals surface area contributed by atoms with Gasteiger partial charge >= 0.3 is 0 Å². The molecule has 2 aromatic rings. The maximum atomic E-state index is 12.9. The van der Waals surface area contributed by atoms with Crippen LogP contribution < -0.4 is 4.90 Å². The Kier molecular flexibility index (Phi) is 6.22. The summed E-state index contributed by atoms with van der Waals surface area (Å²) in [6.45, 7) is 4.87. The second-order valence-electron chi connectivity index (χ2n) is 7.80. The van der Waals surface area contributed by atoms with Crippen LogP contribution in [0.15, 0.2) is 30.6 Å². The van der Waals surface area contributed by atoms with Crippen LogP contribution in [0.2, 0.25) is 0 Å². The minimum Gasteiger partial charge on any atom is -0.345 e. The average molecular weight is 400 g/mol. The summed E-state index contributed by atoms with van der Waals surface area (Å²) in [6, 6.07) is 6.56. The van der Waals surface area contributed by atoms with Crippen LogP contribution in [-0.2, 0) is 6.54 Å². The van der Waals surface area contributed by atoms with E-state index < -0.39 is 0 Å². The molecule has 0 unspecified atom stereocenters. The number of thiazole rings is 1. The Bertz CT molecular complexity index is 766. The summed E-state index contributed by atoms with van der Waals surface area (Å²) < 4.78 is 0. The van der Waals surface area contributed by atoms with E-state index in [1.54, 1.807) is 12.4 Å². The lowest BCUT2D eigenvalue weighted by Gasteiger charge is -2.40. The fourth-order valence-corrected chi connectivity index (χ4v) is 5.06. The zero-order chi connectivity index (χ0) is 19.3. The third-order valence-corrected chi connectivity index (χ3v) is 6.91. The van der Waals surface area contributed by atoms with E-state index in [2.05, 4.69) is 14.9 Å². The molecule has 0 aromatic carbocycles. The van der Waals surface area contributed by atoms with Gasteiger partial charge in [0.05, 0.1) is 18.4 Å². The van der Waals surface area contributed by atoms with Gasteiger partial charge in [0.2, 0.25) is 0 Å². The van der Waals surface area contributed by atoms with E-state index >= 15 is 0 Å². The molecule has 0 saturated carbocycles. The number of nitrogens with zero attached hydrogens (tertiary/aromatic N) is 5. The maximum absolute atomic E-state index is 12.9. The first-order valence-corrected chi connectivity index (χ1v) is 11.1. The summed E-state index contributed by atoms with van der Waals surface area (Å²) in [5.41, 5.74) is 0.993. The van der Waals surface area contributed by atoms with Crippen LogP contribution in [0, 0.1) is 0 Å². The zero-order valence-corrected chi connectivity index (χ0v) is 17.4. The number of hydrogen-bond acceptors (Lipinski definition) is 6. The van der Waals surface area contributed by atoms with Gasteiger partial charge in [-0.2, -0.15) is 0 Å². The number of carbonyl (C=O) groups excluding carboxylic acids is 1. The molecule has 2 aliphatic rings. The topological polar surface area (TPSA) is 52.6 Å². The summed E-state index contributed by atoms with van der Waals surface area (Å²) in [4.78, 5) is 29.2. The number of pyridine rings is 1. The Morgan fingerprint density at radius 3 is 2.64 bits per heavy atom. The largest absolute Gasteiger partial charge is 0.345 e. The standard InChI is InChI=1S/C21H29N5OS/c1-24(16-17-7-3-4-10-22-17)21-23-15-19(28-21)20(27)26-13-8-18(9-14-26)25-11-5-2-6-12-25/h3-4,7,10,15,18H,2,5-6,8-9,11-14,16H2,1H3. The smallest absolute Gasteiger partial charge is 0.265 e. The van der Waals surface area contributed by atoms with Gasteiger partial charge in [-0.1, -0.05) is 23.8 Å². The molecule has 4 heterocycles. The number of anilines is 1. The fraction of sp³-hybridized carbons (Fsp3) is 0.571. The minimum absolute atomic E-state index is 0.132. The summed E-state index contributed by atoms with van der Waals surface area (Å²) in [6.07, 6.45) is 9.75. The van der Waals surface area contributed by atoms with Crippen molar-refractivity contribution >= 4 is 22.4 Å². The van der Waals surface area contributed by atoms with Crippen molar-refractivity contribution in [2.75, 3.05) is 38.1 Å². The first kappa shape index (κ1) is 19.3. The molecule has 2 fully saturated rings. The number of amides is 1. The second kappa shape index (κ2) is 9.01. The fourth-order valence-electron chi connectivity index (χ4n) is 4.22. The van der Waals surface area contributed by atoms with E-state index in [1.165, 1.54) is 43.7 Å². The Morgan fingerprint density at radius 1 is 1.14 bits per heavy atom. The monoisotopic (exact) mass is 399 g/mol. The highest BCUT2D eigenvalue weighted by Crippen LogP contribution is 2.26. The number of aromatic nitrogens is 2. The van der Waals surface area contributed by atoms with Gasteiger partial charge in [-0.05, 0) is 50.9 Å². The first-order valence-electron chi connectivity index (χ1n) is 10.3. The normalized spacial score (nSPS) is 19.0. The Balaban J connectivity index is 1.32. The molecule has 2 saturated heterocycles. The van der Waals surface area contributed by atoms with E-state index in [-0.39, 0.29) is 5.91 Å². The highest BCUT2D eigenvalue weighted by atomic mass is 32.1. The number of carbonyl (C=O) groups is 1. The molecule has 0 spiro atoms. The van der Waals surface area contributed by atoms with Crippen molar-refractivity contribution in [3.63, 3.8) is 0 Å². The van der Waals surface area contributed by atoms with E-state index in [0.29, 0.717) is 12.6 Å². The van der Waals surface area contributed by atoms with E-state index in [9.17, 15) is 4.79 Å². The maximum Gasteiger partial charge on any atom is 0.265 e. The number of piperidine rings is 2. The second-order valence-corrected chi connectivity index (χ2v) is 8.81. The number of rotatable bonds is 5. The summed E-state index contributed by atoms with van der Waals surface area (Å²) >= 11 is 1.48. The zero-order valence-electron chi connectivity index (χ0n) is 16.6. The van der Waals surface area contributed by atoms with Crippen molar-refractivity contribution in [3.05, 3.63) is 41.2 Å².